The fraction of sp³-hybridized carbons (Fsp3) is 0.368. The fourth-order valence-corrected chi connectivity index (χ4v) is 2.41. The second-order valence-electron chi connectivity index (χ2n) is 6.19. The summed E-state index contributed by atoms with van der Waals surface area (Å²) < 4.78 is 44.2. The molecule has 9 heteroatoms. The third-order valence-electron chi connectivity index (χ3n) is 3.90. The summed E-state index contributed by atoms with van der Waals surface area (Å²) in [5.41, 5.74) is -0.136. The summed E-state index contributed by atoms with van der Waals surface area (Å²) in [4.78, 5) is 15.5. The van der Waals surface area contributed by atoms with E-state index in [1.807, 2.05) is 0 Å². The highest BCUT2D eigenvalue weighted by atomic mass is 19.4. The molecule has 0 saturated carbocycles. The Labute approximate surface area is 160 Å². The van der Waals surface area contributed by atoms with E-state index in [0.29, 0.717) is 12.2 Å². The molecule has 1 aromatic carbocycles. The van der Waals surface area contributed by atoms with Crippen LogP contribution in [-0.4, -0.2) is 35.2 Å². The quantitative estimate of drug-likeness (QED) is 0.606. The van der Waals surface area contributed by atoms with Crippen LogP contribution in [0.4, 0.5) is 18.9 Å². The van der Waals surface area contributed by atoms with Crippen molar-refractivity contribution < 1.29 is 27.8 Å². The molecule has 0 aliphatic heterocycles. The van der Waals surface area contributed by atoms with Crippen LogP contribution in [-0.2, 0) is 17.6 Å². The molecule has 0 fully saturated rings. The molecule has 1 aromatic heterocycles. The zero-order valence-corrected chi connectivity index (χ0v) is 15.3. The number of nitrogens with zero attached hydrogens (tertiary/aromatic N) is 1. The summed E-state index contributed by atoms with van der Waals surface area (Å²) >= 11 is 0. The fourth-order valence-electron chi connectivity index (χ4n) is 2.41. The minimum Gasteiger partial charge on any atom is -0.484 e. The van der Waals surface area contributed by atoms with Gasteiger partial charge in [-0.1, -0.05) is 12.1 Å². The van der Waals surface area contributed by atoms with Crippen LogP contribution in [0.15, 0.2) is 42.7 Å². The maximum Gasteiger partial charge on any atom is 0.418 e. The molecule has 0 saturated heterocycles. The van der Waals surface area contributed by atoms with E-state index < -0.39 is 11.7 Å². The standard InChI is InChI=1S/C19H22F3N3O3/c1-13(25-17-10-23-8-7-16(17)19(20,21)22)6-9-24-18(27)12-28-15-4-2-14(11-26)3-5-15/h2-5,7-8,10,13,25-26H,6,9,11-12H2,1H3,(H,24,27)/t13-/m0/s1. The number of ether oxygens (including phenoxy) is 1. The number of carbonyl (C=O) groups is 1. The predicted molar refractivity (Wildman–Crippen MR) is 97.8 cm³/mol. The molecule has 152 valence electrons. The SMILES string of the molecule is C[C@@H](CCNC(=O)COc1ccc(CO)cc1)Nc1cnccc1C(F)(F)F. The van der Waals surface area contributed by atoms with Gasteiger partial charge in [-0.15, -0.1) is 0 Å². The van der Waals surface area contributed by atoms with Gasteiger partial charge in [0.25, 0.3) is 5.91 Å². The largest absolute Gasteiger partial charge is 0.484 e. The molecule has 1 heterocycles. The lowest BCUT2D eigenvalue weighted by molar-refractivity contribution is -0.137. The Morgan fingerprint density at radius 1 is 1.25 bits per heavy atom. The molecular weight excluding hydrogens is 375 g/mol. The van der Waals surface area contributed by atoms with E-state index in [4.69, 9.17) is 9.84 Å². The number of anilines is 1. The van der Waals surface area contributed by atoms with Gasteiger partial charge in [0, 0.05) is 18.8 Å². The number of alkyl halides is 3. The molecule has 3 N–H and O–H groups in total. The summed E-state index contributed by atoms with van der Waals surface area (Å²) in [6, 6.07) is 7.29. The smallest absolute Gasteiger partial charge is 0.418 e. The highest BCUT2D eigenvalue weighted by Gasteiger charge is 2.33. The first-order valence-electron chi connectivity index (χ1n) is 8.66. The summed E-state index contributed by atoms with van der Waals surface area (Å²) in [6.07, 6.45) is -1.82. The predicted octanol–water partition coefficient (Wildman–Crippen LogP) is 2.98. The Morgan fingerprint density at radius 3 is 2.61 bits per heavy atom. The molecule has 1 amide bonds. The third-order valence-corrected chi connectivity index (χ3v) is 3.90. The maximum absolute atomic E-state index is 13.0. The van der Waals surface area contributed by atoms with Crippen molar-refractivity contribution in [1.82, 2.24) is 10.3 Å². The molecule has 2 aromatic rings. The van der Waals surface area contributed by atoms with Gasteiger partial charge in [0.2, 0.25) is 0 Å². The monoisotopic (exact) mass is 397 g/mol. The van der Waals surface area contributed by atoms with Gasteiger partial charge >= 0.3 is 6.18 Å². The number of rotatable bonds is 9. The molecule has 1 atom stereocenters. The number of benzene rings is 1. The first kappa shape index (κ1) is 21.5. The molecule has 2 rings (SSSR count). The molecule has 0 spiro atoms. The van der Waals surface area contributed by atoms with Gasteiger partial charge in [0.1, 0.15) is 5.75 Å². The van der Waals surface area contributed by atoms with Crippen LogP contribution < -0.4 is 15.4 Å². The zero-order valence-electron chi connectivity index (χ0n) is 15.3. The molecule has 28 heavy (non-hydrogen) atoms. The van der Waals surface area contributed by atoms with Crippen molar-refractivity contribution in [3.63, 3.8) is 0 Å². The number of aromatic nitrogens is 1. The second kappa shape index (κ2) is 9.93. The van der Waals surface area contributed by atoms with E-state index in [1.54, 1.807) is 31.2 Å². The minimum absolute atomic E-state index is 0.0729. The Balaban J connectivity index is 1.73. The molecule has 6 nitrogen and oxygen atoms in total. The van der Waals surface area contributed by atoms with Crippen molar-refractivity contribution in [2.45, 2.75) is 32.2 Å². The summed E-state index contributed by atoms with van der Waals surface area (Å²) in [5, 5.41) is 14.4. The minimum atomic E-state index is -4.47. The van der Waals surface area contributed by atoms with Gasteiger partial charge in [0.05, 0.1) is 24.1 Å². The number of aliphatic hydroxyl groups excluding tert-OH is 1. The number of pyridine rings is 1. The number of carbonyl (C=O) groups excluding carboxylic acids is 1. The number of hydrogen-bond acceptors (Lipinski definition) is 5. The van der Waals surface area contributed by atoms with Crippen LogP contribution in [0.2, 0.25) is 0 Å². The Hall–Kier alpha value is -2.81. The van der Waals surface area contributed by atoms with Crippen LogP contribution in [0, 0.1) is 0 Å². The van der Waals surface area contributed by atoms with Crippen LogP contribution in [0.25, 0.3) is 0 Å². The summed E-state index contributed by atoms with van der Waals surface area (Å²) in [7, 11) is 0. The Bertz CT molecular complexity index is 767. The van der Waals surface area contributed by atoms with Crippen molar-refractivity contribution >= 4 is 11.6 Å². The number of hydrogen-bond donors (Lipinski definition) is 3. The maximum atomic E-state index is 13.0. The lowest BCUT2D eigenvalue weighted by Crippen LogP contribution is -2.32. The van der Waals surface area contributed by atoms with Crippen molar-refractivity contribution in [2.24, 2.45) is 0 Å². The highest BCUT2D eigenvalue weighted by Crippen LogP contribution is 2.34. The van der Waals surface area contributed by atoms with Gasteiger partial charge in [-0.2, -0.15) is 13.2 Å². The zero-order chi connectivity index (χ0) is 20.6. The number of nitrogens with one attached hydrogen (secondary N) is 2. The number of amides is 1. The molecular formula is C19H22F3N3O3. The van der Waals surface area contributed by atoms with Gasteiger partial charge in [-0.3, -0.25) is 9.78 Å². The van der Waals surface area contributed by atoms with Crippen molar-refractivity contribution in [2.75, 3.05) is 18.5 Å². The number of halogens is 3. The van der Waals surface area contributed by atoms with Gasteiger partial charge < -0.3 is 20.5 Å². The van der Waals surface area contributed by atoms with Crippen LogP contribution in [0.3, 0.4) is 0 Å². The third kappa shape index (κ3) is 6.73. The summed E-state index contributed by atoms with van der Waals surface area (Å²) in [5.74, 6) is 0.162. The van der Waals surface area contributed by atoms with Gasteiger partial charge in [-0.05, 0) is 37.1 Å². The van der Waals surface area contributed by atoms with E-state index in [9.17, 15) is 18.0 Å². The number of aliphatic hydroxyl groups is 1. The van der Waals surface area contributed by atoms with E-state index >= 15 is 0 Å². The Kier molecular flexibility index (Phi) is 7.62. The van der Waals surface area contributed by atoms with Crippen LogP contribution >= 0.6 is 0 Å². The van der Waals surface area contributed by atoms with Gasteiger partial charge in [0.15, 0.2) is 6.61 Å². The van der Waals surface area contributed by atoms with E-state index in [2.05, 4.69) is 15.6 Å². The van der Waals surface area contributed by atoms with E-state index in [0.717, 1.165) is 24.0 Å². The van der Waals surface area contributed by atoms with Crippen molar-refractivity contribution in [3.05, 3.63) is 53.9 Å². The topological polar surface area (TPSA) is 83.5 Å². The molecule has 0 radical (unpaired) electrons. The normalized spacial score (nSPS) is 12.3. The average molecular weight is 397 g/mol. The first-order valence-corrected chi connectivity index (χ1v) is 8.66. The summed E-state index contributed by atoms with van der Waals surface area (Å²) in [6.45, 7) is 1.75. The van der Waals surface area contributed by atoms with Crippen LogP contribution in [0.1, 0.15) is 24.5 Å². The molecule has 0 aliphatic carbocycles. The average Bonchev–Trinajstić information content (AvgIpc) is 2.66. The molecule has 0 aliphatic rings. The van der Waals surface area contributed by atoms with E-state index in [1.165, 1.54) is 0 Å². The first-order chi connectivity index (χ1) is 13.3. The highest BCUT2D eigenvalue weighted by molar-refractivity contribution is 5.77. The van der Waals surface area contributed by atoms with Crippen molar-refractivity contribution in [1.29, 1.82) is 0 Å². The molecule has 0 unspecified atom stereocenters. The van der Waals surface area contributed by atoms with Crippen molar-refractivity contribution in [3.8, 4) is 5.75 Å². The van der Waals surface area contributed by atoms with Gasteiger partial charge in [-0.25, -0.2) is 0 Å². The van der Waals surface area contributed by atoms with Crippen LogP contribution in [0.5, 0.6) is 5.75 Å². The lowest BCUT2D eigenvalue weighted by Gasteiger charge is -2.19. The second-order valence-corrected chi connectivity index (χ2v) is 6.19. The lowest BCUT2D eigenvalue weighted by atomic mass is 10.1. The Morgan fingerprint density at radius 2 is 1.96 bits per heavy atom. The molecule has 0 bridgehead atoms. The van der Waals surface area contributed by atoms with E-state index in [-0.39, 0.29) is 37.4 Å².